The highest BCUT2D eigenvalue weighted by Gasteiger charge is 2.27. The molecule has 3 nitrogen and oxygen atoms in total. The highest BCUT2D eigenvalue weighted by atomic mass is 32.2. The third kappa shape index (κ3) is 7.07. The van der Waals surface area contributed by atoms with Crippen LogP contribution >= 0.6 is 11.8 Å². The van der Waals surface area contributed by atoms with Crippen molar-refractivity contribution in [2.24, 2.45) is 5.73 Å². The van der Waals surface area contributed by atoms with Crippen LogP contribution < -0.4 is 11.1 Å². The lowest BCUT2D eigenvalue weighted by Gasteiger charge is -2.12. The lowest BCUT2D eigenvalue weighted by molar-refractivity contribution is -0.122. The molecule has 1 atom stereocenters. The van der Waals surface area contributed by atoms with Gasteiger partial charge in [0.1, 0.15) is 0 Å². The van der Waals surface area contributed by atoms with E-state index in [1.54, 1.807) is 0 Å². The number of nitrogens with two attached hydrogens (primary N) is 1. The number of amides is 1. The van der Waals surface area contributed by atoms with Crippen molar-refractivity contribution in [2.45, 2.75) is 18.0 Å². The van der Waals surface area contributed by atoms with Crippen LogP contribution in [-0.2, 0) is 11.2 Å². The number of nitrogens with one attached hydrogen (secondary N) is 1. The van der Waals surface area contributed by atoms with Crippen LogP contribution in [-0.4, -0.2) is 29.8 Å². The number of rotatable bonds is 6. The maximum absolute atomic E-state index is 11.9. The molecule has 0 bridgehead atoms. The molecule has 0 aliphatic rings. The predicted octanol–water partition coefficient (Wildman–Crippen LogP) is 1.93. The molecule has 0 radical (unpaired) electrons. The van der Waals surface area contributed by atoms with E-state index in [0.29, 0.717) is 6.42 Å². The Labute approximate surface area is 113 Å². The van der Waals surface area contributed by atoms with Gasteiger partial charge >= 0.3 is 5.51 Å². The standard InChI is InChI=1S/C12H15F3N2OS/c13-12(14,15)19-7-6-17-11(18)10(16)8-9-4-2-1-3-5-9/h1-5,10H,6-8,16H2,(H,17,18)/t10-/m1/s1. The third-order valence-electron chi connectivity index (χ3n) is 2.30. The van der Waals surface area contributed by atoms with E-state index in [0.717, 1.165) is 5.56 Å². The van der Waals surface area contributed by atoms with Crippen LogP contribution in [0.4, 0.5) is 13.2 Å². The molecular formula is C12H15F3N2OS. The number of carbonyl (C=O) groups is 1. The molecular weight excluding hydrogens is 277 g/mol. The first-order valence-electron chi connectivity index (χ1n) is 5.66. The average molecular weight is 292 g/mol. The summed E-state index contributed by atoms with van der Waals surface area (Å²) in [5.41, 5.74) is 2.32. The first-order valence-corrected chi connectivity index (χ1v) is 6.65. The Balaban J connectivity index is 2.26. The van der Waals surface area contributed by atoms with Gasteiger partial charge in [-0.1, -0.05) is 30.3 Å². The molecule has 0 saturated heterocycles. The van der Waals surface area contributed by atoms with Crippen LogP contribution in [0.25, 0.3) is 0 Å². The van der Waals surface area contributed by atoms with Gasteiger partial charge in [0.25, 0.3) is 0 Å². The van der Waals surface area contributed by atoms with Crippen LogP contribution in [0.2, 0.25) is 0 Å². The molecule has 1 aromatic rings. The molecule has 0 aromatic heterocycles. The molecule has 7 heteroatoms. The summed E-state index contributed by atoms with van der Waals surface area (Å²) >= 11 is -0.164. The fourth-order valence-corrected chi connectivity index (χ4v) is 1.87. The Morgan fingerprint density at radius 3 is 2.53 bits per heavy atom. The number of thioether (sulfide) groups is 1. The van der Waals surface area contributed by atoms with Crippen molar-refractivity contribution in [2.75, 3.05) is 12.3 Å². The molecule has 0 spiro atoms. The normalized spacial score (nSPS) is 13.1. The number of halogens is 3. The van der Waals surface area contributed by atoms with Crippen LogP contribution in [0.3, 0.4) is 0 Å². The van der Waals surface area contributed by atoms with Gasteiger partial charge in [0.15, 0.2) is 0 Å². The number of carbonyl (C=O) groups excluding carboxylic acids is 1. The highest BCUT2D eigenvalue weighted by Crippen LogP contribution is 2.29. The van der Waals surface area contributed by atoms with Crippen molar-refractivity contribution in [1.82, 2.24) is 5.32 Å². The Bertz CT molecular complexity index is 398. The van der Waals surface area contributed by atoms with Gasteiger partial charge in [0, 0.05) is 12.3 Å². The zero-order chi connectivity index (χ0) is 14.3. The highest BCUT2D eigenvalue weighted by molar-refractivity contribution is 8.00. The second-order valence-electron chi connectivity index (χ2n) is 3.88. The van der Waals surface area contributed by atoms with Crippen molar-refractivity contribution in [1.29, 1.82) is 0 Å². The van der Waals surface area contributed by atoms with Crippen molar-refractivity contribution < 1.29 is 18.0 Å². The lowest BCUT2D eigenvalue weighted by atomic mass is 10.1. The minimum Gasteiger partial charge on any atom is -0.354 e. The molecule has 106 valence electrons. The van der Waals surface area contributed by atoms with Gasteiger partial charge in [0.05, 0.1) is 6.04 Å². The fraction of sp³-hybridized carbons (Fsp3) is 0.417. The first kappa shape index (κ1) is 15.8. The topological polar surface area (TPSA) is 55.1 Å². The number of benzene rings is 1. The van der Waals surface area contributed by atoms with E-state index in [1.807, 2.05) is 30.3 Å². The monoisotopic (exact) mass is 292 g/mol. The van der Waals surface area contributed by atoms with Crippen molar-refractivity contribution >= 4 is 17.7 Å². The maximum Gasteiger partial charge on any atom is 0.441 e. The van der Waals surface area contributed by atoms with E-state index >= 15 is 0 Å². The second kappa shape index (κ2) is 7.40. The summed E-state index contributed by atoms with van der Waals surface area (Å²) in [6.45, 7) is -0.0501. The lowest BCUT2D eigenvalue weighted by Crippen LogP contribution is -2.42. The number of alkyl halides is 3. The Morgan fingerprint density at radius 1 is 1.32 bits per heavy atom. The SMILES string of the molecule is N[C@H](Cc1ccccc1)C(=O)NCCSC(F)(F)F. The summed E-state index contributed by atoms with van der Waals surface area (Å²) in [6.07, 6.45) is 0.360. The minimum atomic E-state index is -4.27. The largest absolute Gasteiger partial charge is 0.441 e. The van der Waals surface area contributed by atoms with Gasteiger partial charge in [-0.15, -0.1) is 0 Å². The first-order chi connectivity index (χ1) is 8.88. The minimum absolute atomic E-state index is 0.0501. The fourth-order valence-electron chi connectivity index (χ4n) is 1.43. The zero-order valence-corrected chi connectivity index (χ0v) is 10.9. The van der Waals surface area contributed by atoms with Gasteiger partial charge in [-0.05, 0) is 23.7 Å². The van der Waals surface area contributed by atoms with E-state index < -0.39 is 17.5 Å². The predicted molar refractivity (Wildman–Crippen MR) is 69.6 cm³/mol. The van der Waals surface area contributed by atoms with Gasteiger partial charge in [-0.2, -0.15) is 13.2 Å². The van der Waals surface area contributed by atoms with Gasteiger partial charge < -0.3 is 11.1 Å². The molecule has 1 amide bonds. The summed E-state index contributed by atoms with van der Waals surface area (Å²) in [7, 11) is 0. The Hall–Kier alpha value is -1.21. The molecule has 3 N–H and O–H groups in total. The van der Waals surface area contributed by atoms with E-state index in [-0.39, 0.29) is 24.1 Å². The van der Waals surface area contributed by atoms with E-state index in [2.05, 4.69) is 5.32 Å². The number of hydrogen-bond acceptors (Lipinski definition) is 3. The molecule has 0 fully saturated rings. The quantitative estimate of drug-likeness (QED) is 0.788. The van der Waals surface area contributed by atoms with Gasteiger partial charge in [-0.3, -0.25) is 4.79 Å². The van der Waals surface area contributed by atoms with Crippen LogP contribution in [0.5, 0.6) is 0 Å². The van der Waals surface area contributed by atoms with Crippen molar-refractivity contribution in [3.8, 4) is 0 Å². The molecule has 1 aromatic carbocycles. The Kier molecular flexibility index (Phi) is 6.17. The average Bonchev–Trinajstić information content (AvgIpc) is 2.34. The summed E-state index contributed by atoms with van der Waals surface area (Å²) < 4.78 is 35.6. The van der Waals surface area contributed by atoms with Crippen LogP contribution in [0.1, 0.15) is 5.56 Å². The smallest absolute Gasteiger partial charge is 0.354 e. The van der Waals surface area contributed by atoms with Gasteiger partial charge in [-0.25, -0.2) is 0 Å². The van der Waals surface area contributed by atoms with E-state index in [1.165, 1.54) is 0 Å². The maximum atomic E-state index is 11.9. The summed E-state index contributed by atoms with van der Waals surface area (Å²) in [5.74, 6) is -0.653. The molecule has 0 unspecified atom stereocenters. The summed E-state index contributed by atoms with van der Waals surface area (Å²) in [4.78, 5) is 11.5. The van der Waals surface area contributed by atoms with Crippen molar-refractivity contribution in [3.05, 3.63) is 35.9 Å². The van der Waals surface area contributed by atoms with E-state index in [9.17, 15) is 18.0 Å². The third-order valence-corrected chi connectivity index (χ3v) is 3.04. The van der Waals surface area contributed by atoms with Crippen LogP contribution in [0.15, 0.2) is 30.3 Å². The van der Waals surface area contributed by atoms with Crippen LogP contribution in [0, 0.1) is 0 Å². The second-order valence-corrected chi connectivity index (χ2v) is 5.04. The summed E-state index contributed by atoms with van der Waals surface area (Å²) in [6, 6.07) is 8.45. The van der Waals surface area contributed by atoms with Gasteiger partial charge in [0.2, 0.25) is 5.91 Å². The Morgan fingerprint density at radius 2 is 1.95 bits per heavy atom. The molecule has 19 heavy (non-hydrogen) atoms. The molecule has 0 heterocycles. The zero-order valence-electron chi connectivity index (χ0n) is 10.1. The molecule has 0 saturated carbocycles. The molecule has 1 rings (SSSR count). The van der Waals surface area contributed by atoms with Crippen molar-refractivity contribution in [3.63, 3.8) is 0 Å². The molecule has 0 aliphatic heterocycles. The van der Waals surface area contributed by atoms with E-state index in [4.69, 9.17) is 5.73 Å². The summed E-state index contributed by atoms with van der Waals surface area (Å²) in [5, 5.41) is 2.39. The number of hydrogen-bond donors (Lipinski definition) is 2. The molecule has 0 aliphatic carbocycles.